The van der Waals surface area contributed by atoms with Gasteiger partial charge in [-0.25, -0.2) is 0 Å². The Kier molecular flexibility index (Phi) is 2.86. The lowest BCUT2D eigenvalue weighted by atomic mass is 9.96. The van der Waals surface area contributed by atoms with Crippen molar-refractivity contribution in [2.75, 3.05) is 23.7 Å². The number of oxazole rings is 1. The third-order valence-corrected chi connectivity index (χ3v) is 3.77. The molecule has 3 rings (SSSR count). The molecule has 18 heavy (non-hydrogen) atoms. The molecule has 2 heterocycles. The highest BCUT2D eigenvalue weighted by molar-refractivity contribution is 5.78. The summed E-state index contributed by atoms with van der Waals surface area (Å²) in [6, 6.07) is 6.35. The fourth-order valence-corrected chi connectivity index (χ4v) is 2.64. The number of hydrogen-bond acceptors (Lipinski definition) is 4. The molecule has 1 saturated heterocycles. The molecule has 1 aliphatic rings. The molecule has 0 radical (unpaired) electrons. The molecule has 96 valence electrons. The van der Waals surface area contributed by atoms with Crippen molar-refractivity contribution in [2.24, 2.45) is 5.92 Å². The lowest BCUT2D eigenvalue weighted by molar-refractivity contribution is 0.387. The van der Waals surface area contributed by atoms with Gasteiger partial charge in [0.1, 0.15) is 5.52 Å². The van der Waals surface area contributed by atoms with Crippen molar-refractivity contribution >= 4 is 22.8 Å². The van der Waals surface area contributed by atoms with Crippen molar-refractivity contribution in [1.29, 1.82) is 0 Å². The Morgan fingerprint density at radius 3 is 3.22 bits per heavy atom. The minimum Gasteiger partial charge on any atom is -0.423 e. The highest BCUT2D eigenvalue weighted by atomic mass is 16.4. The van der Waals surface area contributed by atoms with Gasteiger partial charge in [-0.2, -0.15) is 4.98 Å². The first kappa shape index (κ1) is 11.4. The second kappa shape index (κ2) is 4.52. The van der Waals surface area contributed by atoms with Gasteiger partial charge in [0.2, 0.25) is 0 Å². The number of benzene rings is 1. The molecular formula is C14H19N3O. The number of nitrogen functional groups attached to an aromatic ring is 1. The van der Waals surface area contributed by atoms with Crippen LogP contribution >= 0.6 is 0 Å². The maximum absolute atomic E-state index is 5.81. The van der Waals surface area contributed by atoms with Gasteiger partial charge in [0, 0.05) is 18.8 Å². The molecule has 1 unspecified atom stereocenters. The van der Waals surface area contributed by atoms with Gasteiger partial charge < -0.3 is 15.1 Å². The average molecular weight is 245 g/mol. The number of nitrogens with zero attached hydrogens (tertiary/aromatic N) is 2. The number of aromatic nitrogens is 1. The summed E-state index contributed by atoms with van der Waals surface area (Å²) in [5, 5.41) is 0. The smallest absolute Gasteiger partial charge is 0.298 e. The molecule has 2 aromatic rings. The summed E-state index contributed by atoms with van der Waals surface area (Å²) in [6.45, 7) is 4.35. The van der Waals surface area contributed by atoms with E-state index < -0.39 is 0 Å². The van der Waals surface area contributed by atoms with Crippen LogP contribution in [0.25, 0.3) is 11.1 Å². The number of rotatable bonds is 2. The maximum atomic E-state index is 5.81. The van der Waals surface area contributed by atoms with Gasteiger partial charge in [0.25, 0.3) is 6.01 Å². The quantitative estimate of drug-likeness (QED) is 0.826. The van der Waals surface area contributed by atoms with Crippen LogP contribution in [0.1, 0.15) is 26.2 Å². The van der Waals surface area contributed by atoms with Crippen LogP contribution < -0.4 is 10.6 Å². The molecule has 0 spiro atoms. The summed E-state index contributed by atoms with van der Waals surface area (Å²) in [5.41, 5.74) is 8.16. The van der Waals surface area contributed by atoms with Crippen molar-refractivity contribution in [3.05, 3.63) is 18.2 Å². The summed E-state index contributed by atoms with van der Waals surface area (Å²) in [5.74, 6) is 0.763. The summed E-state index contributed by atoms with van der Waals surface area (Å²) in [4.78, 5) is 6.80. The van der Waals surface area contributed by atoms with Gasteiger partial charge >= 0.3 is 0 Å². The van der Waals surface area contributed by atoms with Crippen molar-refractivity contribution in [3.63, 3.8) is 0 Å². The van der Waals surface area contributed by atoms with Gasteiger partial charge in [-0.15, -0.1) is 0 Å². The number of fused-ring (bicyclic) bond motifs is 1. The second-order valence-electron chi connectivity index (χ2n) is 5.09. The van der Waals surface area contributed by atoms with Gasteiger partial charge in [-0.3, -0.25) is 0 Å². The van der Waals surface area contributed by atoms with Gasteiger partial charge in [-0.1, -0.05) is 13.3 Å². The summed E-state index contributed by atoms with van der Waals surface area (Å²) in [6.07, 6.45) is 3.77. The highest BCUT2D eigenvalue weighted by Gasteiger charge is 2.22. The first-order valence-corrected chi connectivity index (χ1v) is 6.67. The molecule has 1 atom stereocenters. The van der Waals surface area contributed by atoms with Gasteiger partial charge in [0.15, 0.2) is 5.58 Å². The second-order valence-corrected chi connectivity index (χ2v) is 5.09. The monoisotopic (exact) mass is 245 g/mol. The zero-order chi connectivity index (χ0) is 12.5. The third-order valence-electron chi connectivity index (χ3n) is 3.77. The Balaban J connectivity index is 1.89. The summed E-state index contributed by atoms with van der Waals surface area (Å²) in [7, 11) is 0. The van der Waals surface area contributed by atoms with Crippen LogP contribution in [0.5, 0.6) is 0 Å². The Hall–Kier alpha value is -1.71. The van der Waals surface area contributed by atoms with Crippen LogP contribution in [-0.2, 0) is 0 Å². The molecule has 4 nitrogen and oxygen atoms in total. The molecule has 2 N–H and O–H groups in total. The zero-order valence-electron chi connectivity index (χ0n) is 10.7. The zero-order valence-corrected chi connectivity index (χ0v) is 10.7. The molecule has 0 aliphatic carbocycles. The van der Waals surface area contributed by atoms with E-state index in [0.29, 0.717) is 0 Å². The number of piperidine rings is 1. The molecule has 1 aromatic heterocycles. The fourth-order valence-electron chi connectivity index (χ4n) is 2.64. The number of anilines is 2. The third kappa shape index (κ3) is 2.03. The lowest BCUT2D eigenvalue weighted by Gasteiger charge is -2.30. The van der Waals surface area contributed by atoms with E-state index in [1.807, 2.05) is 18.2 Å². The van der Waals surface area contributed by atoms with Crippen molar-refractivity contribution in [3.8, 4) is 0 Å². The van der Waals surface area contributed by atoms with E-state index in [1.165, 1.54) is 19.3 Å². The lowest BCUT2D eigenvalue weighted by Crippen LogP contribution is -2.35. The normalized spacial score (nSPS) is 20.5. The first-order chi connectivity index (χ1) is 8.76. The SMILES string of the molecule is CCC1CCCN(c2nc3cc(N)ccc3o2)C1. The summed E-state index contributed by atoms with van der Waals surface area (Å²) < 4.78 is 5.81. The molecule has 1 fully saturated rings. The number of hydrogen-bond donors (Lipinski definition) is 1. The van der Waals surface area contributed by atoms with Crippen LogP contribution in [0.3, 0.4) is 0 Å². The van der Waals surface area contributed by atoms with Gasteiger partial charge in [-0.05, 0) is 37.0 Å². The Morgan fingerprint density at radius 2 is 2.39 bits per heavy atom. The van der Waals surface area contributed by atoms with Crippen LogP contribution in [0, 0.1) is 5.92 Å². The van der Waals surface area contributed by atoms with Crippen LogP contribution in [0.4, 0.5) is 11.7 Å². The summed E-state index contributed by atoms with van der Waals surface area (Å²) >= 11 is 0. The van der Waals surface area contributed by atoms with E-state index in [-0.39, 0.29) is 0 Å². The first-order valence-electron chi connectivity index (χ1n) is 6.67. The van der Waals surface area contributed by atoms with E-state index in [9.17, 15) is 0 Å². The molecule has 0 bridgehead atoms. The van der Waals surface area contributed by atoms with E-state index in [2.05, 4.69) is 16.8 Å². The molecular weight excluding hydrogens is 226 g/mol. The predicted octanol–water partition coefficient (Wildman–Crippen LogP) is 3.04. The Bertz CT molecular complexity index is 549. The van der Waals surface area contributed by atoms with E-state index in [1.54, 1.807) is 0 Å². The van der Waals surface area contributed by atoms with E-state index >= 15 is 0 Å². The molecule has 1 aliphatic heterocycles. The molecule has 0 amide bonds. The van der Waals surface area contributed by atoms with Crippen molar-refractivity contribution in [2.45, 2.75) is 26.2 Å². The predicted molar refractivity (Wildman–Crippen MR) is 73.6 cm³/mol. The Labute approximate surface area is 107 Å². The largest absolute Gasteiger partial charge is 0.423 e. The van der Waals surface area contributed by atoms with Crippen LogP contribution in [-0.4, -0.2) is 18.1 Å². The number of nitrogens with two attached hydrogens (primary N) is 1. The minimum absolute atomic E-state index is 0.729. The molecule has 1 aromatic carbocycles. The molecule has 4 heteroatoms. The minimum atomic E-state index is 0.729. The van der Waals surface area contributed by atoms with Crippen LogP contribution in [0.15, 0.2) is 22.6 Å². The van der Waals surface area contributed by atoms with Crippen molar-refractivity contribution < 1.29 is 4.42 Å². The average Bonchev–Trinajstić information content (AvgIpc) is 2.81. The fraction of sp³-hybridized carbons (Fsp3) is 0.500. The van der Waals surface area contributed by atoms with Crippen molar-refractivity contribution in [1.82, 2.24) is 4.98 Å². The van der Waals surface area contributed by atoms with Crippen LogP contribution in [0.2, 0.25) is 0 Å². The Morgan fingerprint density at radius 1 is 1.50 bits per heavy atom. The topological polar surface area (TPSA) is 55.3 Å². The molecule has 0 saturated carbocycles. The van der Waals surface area contributed by atoms with E-state index in [4.69, 9.17) is 10.2 Å². The highest BCUT2D eigenvalue weighted by Crippen LogP contribution is 2.28. The standard InChI is InChI=1S/C14H19N3O/c1-2-10-4-3-7-17(9-10)14-16-12-8-11(15)5-6-13(12)18-14/h5-6,8,10H,2-4,7,9,15H2,1H3. The van der Waals surface area contributed by atoms with Gasteiger partial charge in [0.05, 0.1) is 0 Å². The maximum Gasteiger partial charge on any atom is 0.298 e. The van der Waals surface area contributed by atoms with E-state index in [0.717, 1.165) is 41.8 Å².